The van der Waals surface area contributed by atoms with E-state index in [0.717, 1.165) is 4.90 Å². The van der Waals surface area contributed by atoms with Crippen molar-refractivity contribution in [3.05, 3.63) is 27.7 Å². The summed E-state index contributed by atoms with van der Waals surface area (Å²) in [7, 11) is 0. The largest absolute Gasteiger partial charge is 0.390 e. The maximum atomic E-state index is 13.0. The molecule has 3 aliphatic heterocycles. The number of ether oxygens (including phenoxy) is 1. The molecule has 5 unspecified atom stereocenters. The highest BCUT2D eigenvalue weighted by Gasteiger charge is 2.75. The van der Waals surface area contributed by atoms with Gasteiger partial charge in [-0.15, -0.1) is 0 Å². The van der Waals surface area contributed by atoms with Crippen molar-refractivity contribution < 1.29 is 19.4 Å². The van der Waals surface area contributed by atoms with Crippen molar-refractivity contribution >= 4 is 40.7 Å². The molecule has 3 heterocycles. The first-order chi connectivity index (χ1) is 11.7. The van der Waals surface area contributed by atoms with E-state index in [-0.39, 0.29) is 21.3 Å². The van der Waals surface area contributed by atoms with Crippen LogP contribution in [0.4, 0.5) is 5.69 Å². The predicted molar refractivity (Wildman–Crippen MR) is 89.2 cm³/mol. The molecule has 4 rings (SSSR count). The molecule has 25 heavy (non-hydrogen) atoms. The zero-order chi connectivity index (χ0) is 18.3. The van der Waals surface area contributed by atoms with E-state index in [2.05, 4.69) is 0 Å². The lowest BCUT2D eigenvalue weighted by Crippen LogP contribution is -2.49. The van der Waals surface area contributed by atoms with Crippen LogP contribution >= 0.6 is 23.2 Å². The quantitative estimate of drug-likeness (QED) is 0.754. The highest BCUT2D eigenvalue weighted by atomic mass is 35.5. The van der Waals surface area contributed by atoms with Crippen molar-refractivity contribution in [2.24, 2.45) is 11.8 Å². The molecule has 1 N–H and O–H groups in total. The molecule has 0 saturated carbocycles. The summed E-state index contributed by atoms with van der Waals surface area (Å²) in [6.07, 6.45) is -0.533. The number of nitriles is 1. The zero-order valence-electron chi connectivity index (χ0n) is 13.4. The summed E-state index contributed by atoms with van der Waals surface area (Å²) < 4.78 is 5.92. The number of rotatable bonds is 1. The first-order valence-corrected chi connectivity index (χ1v) is 8.55. The van der Waals surface area contributed by atoms with Crippen LogP contribution < -0.4 is 4.90 Å². The van der Waals surface area contributed by atoms with Crippen LogP contribution in [0.1, 0.15) is 25.8 Å². The van der Waals surface area contributed by atoms with E-state index in [0.29, 0.717) is 6.42 Å². The van der Waals surface area contributed by atoms with E-state index in [1.54, 1.807) is 13.8 Å². The molecule has 0 radical (unpaired) electrons. The van der Waals surface area contributed by atoms with Crippen molar-refractivity contribution in [1.82, 2.24) is 0 Å². The second-order valence-electron chi connectivity index (χ2n) is 7.16. The number of hydrogen-bond donors (Lipinski definition) is 1. The third kappa shape index (κ3) is 1.87. The Morgan fingerprint density at radius 2 is 1.88 bits per heavy atom. The van der Waals surface area contributed by atoms with Gasteiger partial charge in [-0.1, -0.05) is 23.2 Å². The summed E-state index contributed by atoms with van der Waals surface area (Å²) in [5.41, 5.74) is -1.70. The maximum Gasteiger partial charge on any atom is 0.240 e. The number of carbonyl (C=O) groups excluding carboxylic acids is 2. The average Bonchev–Trinajstić information content (AvgIpc) is 3.05. The van der Waals surface area contributed by atoms with Gasteiger partial charge in [0.05, 0.1) is 44.8 Å². The molecule has 3 saturated heterocycles. The summed E-state index contributed by atoms with van der Waals surface area (Å²) in [5, 5.41) is 19.3. The molecule has 3 aliphatic rings. The van der Waals surface area contributed by atoms with Crippen molar-refractivity contribution in [1.29, 1.82) is 5.26 Å². The number of carbonyl (C=O) groups is 2. The highest BCUT2D eigenvalue weighted by molar-refractivity contribution is 6.45. The van der Waals surface area contributed by atoms with E-state index < -0.39 is 41.0 Å². The predicted octanol–water partition coefficient (Wildman–Crippen LogP) is 2.28. The van der Waals surface area contributed by atoms with Crippen molar-refractivity contribution in [3.8, 4) is 6.07 Å². The van der Waals surface area contributed by atoms with Gasteiger partial charge in [0.25, 0.3) is 0 Å². The van der Waals surface area contributed by atoms with Gasteiger partial charge in [-0.25, -0.2) is 4.90 Å². The lowest BCUT2D eigenvalue weighted by atomic mass is 9.67. The van der Waals surface area contributed by atoms with Crippen LogP contribution in [-0.2, 0) is 14.3 Å². The first-order valence-electron chi connectivity index (χ1n) is 7.80. The Kier molecular flexibility index (Phi) is 3.33. The van der Waals surface area contributed by atoms with Crippen molar-refractivity contribution in [2.45, 2.75) is 37.6 Å². The number of halogens is 2. The van der Waals surface area contributed by atoms with Gasteiger partial charge in [0, 0.05) is 6.42 Å². The standard InChI is InChI=1S/C17H14Cl2N2O4/c1-16-5-9(22)17(2,25-16)11-10(16)14(23)21(15(11)24)8-4-3-7(6-20)12(18)13(8)19/h3-4,9-11,22H,5H2,1-2H3. The number of amides is 2. The fourth-order valence-electron chi connectivity index (χ4n) is 4.56. The lowest BCUT2D eigenvalue weighted by Gasteiger charge is -2.31. The van der Waals surface area contributed by atoms with Crippen LogP contribution in [-0.4, -0.2) is 34.2 Å². The van der Waals surface area contributed by atoms with Gasteiger partial charge < -0.3 is 9.84 Å². The number of fused-ring (bicyclic) bond motifs is 5. The second-order valence-corrected chi connectivity index (χ2v) is 7.91. The van der Waals surface area contributed by atoms with Gasteiger partial charge >= 0.3 is 0 Å². The van der Waals surface area contributed by atoms with Gasteiger partial charge in [0.1, 0.15) is 11.7 Å². The number of imide groups is 1. The second kappa shape index (κ2) is 4.95. The molecule has 3 fully saturated rings. The zero-order valence-corrected chi connectivity index (χ0v) is 14.9. The smallest absolute Gasteiger partial charge is 0.240 e. The number of hydrogen-bond acceptors (Lipinski definition) is 5. The van der Waals surface area contributed by atoms with Gasteiger partial charge in [0.2, 0.25) is 11.8 Å². The third-order valence-electron chi connectivity index (χ3n) is 5.72. The molecule has 130 valence electrons. The maximum absolute atomic E-state index is 13.0. The van der Waals surface area contributed by atoms with E-state index in [1.165, 1.54) is 12.1 Å². The molecule has 0 aromatic heterocycles. The van der Waals surface area contributed by atoms with Gasteiger partial charge in [-0.2, -0.15) is 5.26 Å². The van der Waals surface area contributed by atoms with Crippen LogP contribution in [0.25, 0.3) is 0 Å². The SMILES string of the molecule is CC12CC(O)C(C)(O1)C1C(=O)N(c3ccc(C#N)c(Cl)c3Cl)C(=O)C12. The fourth-order valence-corrected chi connectivity index (χ4v) is 5.01. The van der Waals surface area contributed by atoms with E-state index in [4.69, 9.17) is 33.2 Å². The van der Waals surface area contributed by atoms with Gasteiger partial charge in [-0.05, 0) is 26.0 Å². The molecular weight excluding hydrogens is 367 g/mol. The van der Waals surface area contributed by atoms with Gasteiger partial charge in [-0.3, -0.25) is 9.59 Å². The monoisotopic (exact) mass is 380 g/mol. The molecule has 6 nitrogen and oxygen atoms in total. The molecule has 2 bridgehead atoms. The molecule has 0 aliphatic carbocycles. The Balaban J connectivity index is 1.84. The summed E-state index contributed by atoms with van der Waals surface area (Å²) in [5.74, 6) is -2.35. The van der Waals surface area contributed by atoms with E-state index in [9.17, 15) is 14.7 Å². The minimum Gasteiger partial charge on any atom is -0.390 e. The highest BCUT2D eigenvalue weighted by Crippen LogP contribution is 2.61. The van der Waals surface area contributed by atoms with E-state index >= 15 is 0 Å². The van der Waals surface area contributed by atoms with E-state index in [1.807, 2.05) is 6.07 Å². The molecule has 1 aromatic carbocycles. The Hall–Kier alpha value is -1.65. The minimum atomic E-state index is -1.11. The Morgan fingerprint density at radius 3 is 2.52 bits per heavy atom. The van der Waals surface area contributed by atoms with Crippen LogP contribution in [0.15, 0.2) is 12.1 Å². The average molecular weight is 381 g/mol. The topological polar surface area (TPSA) is 90.6 Å². The number of nitrogens with zero attached hydrogens (tertiary/aromatic N) is 2. The normalized spacial score (nSPS) is 39.0. The molecule has 5 atom stereocenters. The summed E-state index contributed by atoms with van der Waals surface area (Å²) in [6, 6.07) is 4.76. The minimum absolute atomic E-state index is 0.00370. The van der Waals surface area contributed by atoms with Crippen LogP contribution in [0.5, 0.6) is 0 Å². The molecular formula is C17H14Cl2N2O4. The van der Waals surface area contributed by atoms with Gasteiger partial charge in [0.15, 0.2) is 0 Å². The molecule has 8 heteroatoms. The molecule has 0 spiro atoms. The van der Waals surface area contributed by atoms with Crippen molar-refractivity contribution in [3.63, 3.8) is 0 Å². The Bertz CT molecular complexity index is 882. The Morgan fingerprint density at radius 1 is 1.24 bits per heavy atom. The third-order valence-corrected chi connectivity index (χ3v) is 6.59. The number of benzene rings is 1. The number of anilines is 1. The molecule has 2 amide bonds. The fraction of sp³-hybridized carbons (Fsp3) is 0.471. The Labute approximate surface area is 153 Å². The summed E-state index contributed by atoms with van der Waals surface area (Å²) in [6.45, 7) is 3.41. The lowest BCUT2D eigenvalue weighted by molar-refractivity contribution is -0.132. The van der Waals surface area contributed by atoms with Crippen LogP contribution in [0.2, 0.25) is 10.0 Å². The summed E-state index contributed by atoms with van der Waals surface area (Å²) in [4.78, 5) is 27.1. The van der Waals surface area contributed by atoms with Crippen molar-refractivity contribution in [2.75, 3.05) is 4.90 Å². The van der Waals surface area contributed by atoms with Crippen LogP contribution in [0.3, 0.4) is 0 Å². The number of aliphatic hydroxyl groups is 1. The number of aliphatic hydroxyl groups excluding tert-OH is 1. The summed E-state index contributed by atoms with van der Waals surface area (Å²) >= 11 is 12.3. The first kappa shape index (κ1) is 16.8. The molecule has 1 aromatic rings. The van der Waals surface area contributed by atoms with Crippen LogP contribution in [0, 0.1) is 23.2 Å².